The third-order valence-electron chi connectivity index (χ3n) is 4.75. The molecule has 1 atom stereocenters. The molecule has 0 N–H and O–H groups in total. The molecule has 36 heavy (non-hydrogen) atoms. The fraction of sp³-hybridized carbons (Fsp3) is 0.160. The Balaban J connectivity index is 1.71. The van der Waals surface area contributed by atoms with E-state index < -0.39 is 58.7 Å². The number of halogens is 5. The second-order valence-electron chi connectivity index (χ2n) is 7.43. The summed E-state index contributed by atoms with van der Waals surface area (Å²) in [4.78, 5) is 35.1. The van der Waals surface area contributed by atoms with Crippen LogP contribution in [-0.4, -0.2) is 30.2 Å². The maximum Gasteiger partial charge on any atom is 0.425 e. The maximum absolute atomic E-state index is 14.6. The van der Waals surface area contributed by atoms with Crippen molar-refractivity contribution >= 4 is 17.9 Å². The van der Waals surface area contributed by atoms with Crippen LogP contribution in [0.5, 0.6) is 11.5 Å². The minimum absolute atomic E-state index is 0.299. The van der Waals surface area contributed by atoms with E-state index in [-0.39, 0.29) is 0 Å². The Labute approximate surface area is 201 Å². The lowest BCUT2D eigenvalue weighted by Gasteiger charge is -2.16. The first kappa shape index (κ1) is 26.3. The van der Waals surface area contributed by atoms with Gasteiger partial charge in [0.1, 0.15) is 23.1 Å². The van der Waals surface area contributed by atoms with Crippen LogP contribution in [0.3, 0.4) is 0 Å². The van der Waals surface area contributed by atoms with Crippen molar-refractivity contribution in [3.63, 3.8) is 0 Å². The summed E-state index contributed by atoms with van der Waals surface area (Å²) in [6.45, 7) is 1.83. The van der Waals surface area contributed by atoms with Gasteiger partial charge in [0.05, 0.1) is 11.1 Å². The third kappa shape index (κ3) is 6.44. The van der Waals surface area contributed by atoms with Crippen molar-refractivity contribution in [1.29, 1.82) is 0 Å². The van der Waals surface area contributed by atoms with E-state index in [1.165, 1.54) is 25.1 Å². The maximum atomic E-state index is 14.6. The highest BCUT2D eigenvalue weighted by Gasteiger charge is 2.39. The van der Waals surface area contributed by atoms with Gasteiger partial charge < -0.3 is 14.2 Å². The summed E-state index contributed by atoms with van der Waals surface area (Å²) in [6.07, 6.45) is -7.28. The predicted molar refractivity (Wildman–Crippen MR) is 115 cm³/mol. The number of benzene rings is 3. The number of hydrogen-bond acceptors (Lipinski definition) is 6. The molecule has 3 rings (SSSR count). The zero-order valence-corrected chi connectivity index (χ0v) is 18.7. The Kier molecular flexibility index (Phi) is 7.71. The lowest BCUT2D eigenvalue weighted by Crippen LogP contribution is -2.31. The van der Waals surface area contributed by atoms with Crippen molar-refractivity contribution in [2.45, 2.75) is 26.1 Å². The first-order chi connectivity index (χ1) is 16.8. The number of esters is 3. The molecule has 6 nitrogen and oxygen atoms in total. The van der Waals surface area contributed by atoms with Crippen molar-refractivity contribution in [2.24, 2.45) is 0 Å². The normalized spacial score (nSPS) is 12.0. The van der Waals surface area contributed by atoms with E-state index in [4.69, 9.17) is 9.47 Å². The molecule has 0 heterocycles. The van der Waals surface area contributed by atoms with Crippen molar-refractivity contribution in [3.05, 3.63) is 83.4 Å². The molecule has 0 aromatic heterocycles. The molecule has 1 unspecified atom stereocenters. The quantitative estimate of drug-likeness (QED) is 0.235. The molecule has 3 aromatic rings. The molecule has 0 bridgehead atoms. The molecule has 0 aliphatic heterocycles. The Hall–Kier alpha value is -4.28. The smallest absolute Gasteiger partial charge is 0.425 e. The van der Waals surface area contributed by atoms with Crippen LogP contribution >= 0.6 is 0 Å². The van der Waals surface area contributed by atoms with Crippen molar-refractivity contribution < 1.29 is 50.5 Å². The van der Waals surface area contributed by atoms with Crippen LogP contribution in [0, 0.1) is 11.6 Å². The van der Waals surface area contributed by atoms with Gasteiger partial charge in [-0.15, -0.1) is 0 Å². The second kappa shape index (κ2) is 10.5. The average molecular weight is 508 g/mol. The molecule has 0 saturated carbocycles. The summed E-state index contributed by atoms with van der Waals surface area (Å²) in [5.41, 5.74) is -0.311. The number of hydrogen-bond donors (Lipinski definition) is 0. The molecule has 0 saturated heterocycles. The SMILES string of the molecule is CC(=O)Oc1ccc(-c2ccc(C(=O)Oc3ccc(C(=O)OC(C)C(F)(F)F)c(F)c3)c(F)c2)cc1. The minimum atomic E-state index is -4.82. The summed E-state index contributed by atoms with van der Waals surface area (Å²) in [6, 6.07) is 12.1. The van der Waals surface area contributed by atoms with Crippen LogP contribution in [0.2, 0.25) is 0 Å². The van der Waals surface area contributed by atoms with Gasteiger partial charge in [-0.1, -0.05) is 18.2 Å². The van der Waals surface area contributed by atoms with Gasteiger partial charge >= 0.3 is 24.1 Å². The fourth-order valence-corrected chi connectivity index (χ4v) is 2.92. The van der Waals surface area contributed by atoms with Crippen LogP contribution < -0.4 is 9.47 Å². The van der Waals surface area contributed by atoms with Crippen LogP contribution in [-0.2, 0) is 9.53 Å². The van der Waals surface area contributed by atoms with Crippen molar-refractivity contribution in [3.8, 4) is 22.6 Å². The molecule has 0 fully saturated rings. The summed E-state index contributed by atoms with van der Waals surface area (Å²) >= 11 is 0. The van der Waals surface area contributed by atoms with E-state index in [1.807, 2.05) is 0 Å². The van der Waals surface area contributed by atoms with Crippen LogP contribution in [0.4, 0.5) is 22.0 Å². The third-order valence-corrected chi connectivity index (χ3v) is 4.75. The Morgan fingerprint density at radius 3 is 1.81 bits per heavy atom. The van der Waals surface area contributed by atoms with Gasteiger partial charge in [-0.05, 0) is 54.4 Å². The minimum Gasteiger partial charge on any atom is -0.449 e. The van der Waals surface area contributed by atoms with E-state index >= 15 is 0 Å². The van der Waals surface area contributed by atoms with E-state index in [9.17, 15) is 36.3 Å². The highest BCUT2D eigenvalue weighted by atomic mass is 19.4. The standard InChI is InChI=1S/C25H17F5O6/c1-13(25(28,29)30)34-23(32)20-10-8-18(12-22(20)27)36-24(33)19-9-5-16(11-21(19)26)15-3-6-17(7-4-15)35-14(2)31/h3-13H,1-2H3. The Morgan fingerprint density at radius 2 is 1.25 bits per heavy atom. The monoisotopic (exact) mass is 508 g/mol. The van der Waals surface area contributed by atoms with Gasteiger partial charge in [0.2, 0.25) is 0 Å². The summed E-state index contributed by atoms with van der Waals surface area (Å²) in [7, 11) is 0. The largest absolute Gasteiger partial charge is 0.449 e. The van der Waals surface area contributed by atoms with E-state index in [1.54, 1.807) is 12.1 Å². The summed E-state index contributed by atoms with van der Waals surface area (Å²) in [5.74, 6) is -5.59. The zero-order chi connectivity index (χ0) is 26.6. The average Bonchev–Trinajstić information content (AvgIpc) is 2.78. The van der Waals surface area contributed by atoms with Crippen molar-refractivity contribution in [1.82, 2.24) is 0 Å². The fourth-order valence-electron chi connectivity index (χ4n) is 2.92. The van der Waals surface area contributed by atoms with E-state index in [2.05, 4.69) is 4.74 Å². The molecule has 3 aromatic carbocycles. The highest BCUT2D eigenvalue weighted by molar-refractivity contribution is 5.93. The topological polar surface area (TPSA) is 78.9 Å². The number of alkyl halides is 3. The van der Waals surface area contributed by atoms with E-state index in [0.717, 1.165) is 24.3 Å². The summed E-state index contributed by atoms with van der Waals surface area (Å²) in [5, 5.41) is 0. The molecule has 0 radical (unpaired) electrons. The van der Waals surface area contributed by atoms with Crippen LogP contribution in [0.1, 0.15) is 34.6 Å². The first-order valence-electron chi connectivity index (χ1n) is 10.2. The molecule has 11 heteroatoms. The lowest BCUT2D eigenvalue weighted by molar-refractivity contribution is -0.198. The Morgan fingerprint density at radius 1 is 0.722 bits per heavy atom. The van der Waals surface area contributed by atoms with Gasteiger partial charge in [0.25, 0.3) is 0 Å². The highest BCUT2D eigenvalue weighted by Crippen LogP contribution is 2.27. The van der Waals surface area contributed by atoms with Gasteiger partial charge in [-0.2, -0.15) is 13.2 Å². The number of ether oxygens (including phenoxy) is 3. The molecule has 0 spiro atoms. The summed E-state index contributed by atoms with van der Waals surface area (Å²) < 4.78 is 80.5. The lowest BCUT2D eigenvalue weighted by atomic mass is 10.0. The molecule has 0 aliphatic rings. The van der Waals surface area contributed by atoms with Crippen molar-refractivity contribution in [2.75, 3.05) is 0 Å². The molecule has 0 amide bonds. The first-order valence-corrected chi connectivity index (χ1v) is 10.2. The van der Waals surface area contributed by atoms with Gasteiger partial charge in [0, 0.05) is 13.0 Å². The predicted octanol–water partition coefficient (Wildman–Crippen LogP) is 5.88. The van der Waals surface area contributed by atoms with Gasteiger partial charge in [-0.25, -0.2) is 18.4 Å². The van der Waals surface area contributed by atoms with E-state index in [0.29, 0.717) is 29.9 Å². The van der Waals surface area contributed by atoms with Gasteiger partial charge in [-0.3, -0.25) is 4.79 Å². The number of rotatable bonds is 6. The molecular weight excluding hydrogens is 491 g/mol. The van der Waals surface area contributed by atoms with Crippen LogP contribution in [0.15, 0.2) is 60.7 Å². The molecule has 188 valence electrons. The number of carbonyl (C=O) groups is 3. The molecule has 0 aliphatic carbocycles. The molecular formula is C25H17F5O6. The zero-order valence-electron chi connectivity index (χ0n) is 18.7. The second-order valence-corrected chi connectivity index (χ2v) is 7.43. The number of carbonyl (C=O) groups excluding carboxylic acids is 3. The Bertz CT molecular complexity index is 1300. The van der Waals surface area contributed by atoms with Gasteiger partial charge in [0.15, 0.2) is 6.10 Å². The van der Waals surface area contributed by atoms with Crippen LogP contribution in [0.25, 0.3) is 11.1 Å².